The number of nitrogens with zero attached hydrogens (tertiary/aromatic N) is 2. The van der Waals surface area contributed by atoms with Crippen LogP contribution in [0.2, 0.25) is 0 Å². The number of H-pyrrole nitrogens is 1. The standard InChI is InChI=1S/C32H34N4O7/c1-32(2,3)43-31(40)34-18-21-10-12-24(42-21)22-11-13-25(41-4)26-23(19-33-27(22)26)28(37)30(39)36-16-14-35(15-17-36)29(38)20-8-6-5-7-9-20/h5-13,19,33H,14-18H2,1-4H3,(H,34,40). The molecule has 5 rings (SSSR count). The molecular formula is C32H34N4O7. The molecule has 43 heavy (non-hydrogen) atoms. The summed E-state index contributed by atoms with van der Waals surface area (Å²) >= 11 is 0. The minimum Gasteiger partial charge on any atom is -0.496 e. The van der Waals surface area contributed by atoms with E-state index in [0.29, 0.717) is 52.4 Å². The molecule has 1 saturated heterocycles. The number of fused-ring (bicyclic) bond motifs is 1. The lowest BCUT2D eigenvalue weighted by Crippen LogP contribution is -2.52. The fourth-order valence-corrected chi connectivity index (χ4v) is 5.00. The van der Waals surface area contributed by atoms with E-state index < -0.39 is 23.4 Å². The summed E-state index contributed by atoms with van der Waals surface area (Å²) in [6.45, 7) is 6.64. The molecule has 11 heteroatoms. The van der Waals surface area contributed by atoms with E-state index in [9.17, 15) is 19.2 Å². The van der Waals surface area contributed by atoms with E-state index in [4.69, 9.17) is 13.9 Å². The second-order valence-electron chi connectivity index (χ2n) is 11.2. The molecule has 3 amide bonds. The van der Waals surface area contributed by atoms with Gasteiger partial charge in [0.15, 0.2) is 0 Å². The second-order valence-corrected chi connectivity index (χ2v) is 11.2. The van der Waals surface area contributed by atoms with Gasteiger partial charge < -0.3 is 34.0 Å². The van der Waals surface area contributed by atoms with Gasteiger partial charge in [-0.3, -0.25) is 14.4 Å². The fraction of sp³-hybridized carbons (Fsp3) is 0.312. The largest absolute Gasteiger partial charge is 0.496 e. The average Bonchev–Trinajstić information content (AvgIpc) is 3.66. The van der Waals surface area contributed by atoms with Gasteiger partial charge in [-0.15, -0.1) is 0 Å². The van der Waals surface area contributed by atoms with E-state index in [1.165, 1.54) is 18.2 Å². The first kappa shape index (κ1) is 29.4. The zero-order valence-corrected chi connectivity index (χ0v) is 24.6. The van der Waals surface area contributed by atoms with Gasteiger partial charge in [0.1, 0.15) is 22.9 Å². The number of aromatic nitrogens is 1. The minimum absolute atomic E-state index is 0.102. The van der Waals surface area contributed by atoms with Gasteiger partial charge in [-0.05, 0) is 57.2 Å². The molecule has 3 heterocycles. The maximum absolute atomic E-state index is 13.5. The zero-order valence-electron chi connectivity index (χ0n) is 24.6. The van der Waals surface area contributed by atoms with Crippen LogP contribution in [0.5, 0.6) is 5.75 Å². The first-order valence-corrected chi connectivity index (χ1v) is 14.0. The van der Waals surface area contributed by atoms with Crippen LogP contribution in [-0.4, -0.2) is 77.4 Å². The van der Waals surface area contributed by atoms with E-state index in [1.54, 1.807) is 74.2 Å². The van der Waals surface area contributed by atoms with Gasteiger partial charge in [0, 0.05) is 43.5 Å². The summed E-state index contributed by atoms with van der Waals surface area (Å²) in [4.78, 5) is 57.9. The number of carbonyl (C=O) groups excluding carboxylic acids is 4. The van der Waals surface area contributed by atoms with E-state index in [1.807, 2.05) is 6.07 Å². The molecule has 0 spiro atoms. The van der Waals surface area contributed by atoms with Gasteiger partial charge in [0.2, 0.25) is 0 Å². The normalized spacial score (nSPS) is 13.6. The van der Waals surface area contributed by atoms with Gasteiger partial charge >= 0.3 is 6.09 Å². The molecule has 11 nitrogen and oxygen atoms in total. The predicted octanol–water partition coefficient (Wildman–Crippen LogP) is 4.63. The fourth-order valence-electron chi connectivity index (χ4n) is 5.00. The average molecular weight is 587 g/mol. The highest BCUT2D eigenvalue weighted by atomic mass is 16.6. The lowest BCUT2D eigenvalue weighted by molar-refractivity contribution is -0.127. The van der Waals surface area contributed by atoms with Gasteiger partial charge in [-0.25, -0.2) is 4.79 Å². The minimum atomic E-state index is -0.675. The summed E-state index contributed by atoms with van der Waals surface area (Å²) in [7, 11) is 1.49. The van der Waals surface area contributed by atoms with Crippen LogP contribution in [0.15, 0.2) is 65.2 Å². The van der Waals surface area contributed by atoms with Gasteiger partial charge in [-0.2, -0.15) is 0 Å². The SMILES string of the molecule is COc1ccc(-c2ccc(CNC(=O)OC(C)(C)C)o2)c2[nH]cc(C(=O)C(=O)N3CCN(C(=O)c4ccccc4)CC3)c12. The number of hydrogen-bond donors (Lipinski definition) is 2. The Balaban J connectivity index is 1.31. The van der Waals surface area contributed by atoms with Crippen molar-refractivity contribution in [2.45, 2.75) is 32.9 Å². The van der Waals surface area contributed by atoms with Crippen molar-refractivity contribution >= 4 is 34.6 Å². The molecule has 0 atom stereocenters. The van der Waals surface area contributed by atoms with E-state index in [0.717, 1.165) is 0 Å². The van der Waals surface area contributed by atoms with Crippen LogP contribution in [0.25, 0.3) is 22.2 Å². The second kappa shape index (κ2) is 12.0. The van der Waals surface area contributed by atoms with Crippen LogP contribution in [-0.2, 0) is 16.1 Å². The Bertz CT molecular complexity index is 1660. The third kappa shape index (κ3) is 6.40. The quantitative estimate of drug-likeness (QED) is 0.238. The number of ketones is 1. The Labute approximate surface area is 248 Å². The number of piperazine rings is 1. The van der Waals surface area contributed by atoms with Crippen LogP contribution in [0.1, 0.15) is 47.2 Å². The number of methoxy groups -OCH3 is 1. The molecule has 4 aromatic rings. The van der Waals surface area contributed by atoms with Crippen LogP contribution in [0, 0.1) is 0 Å². The number of benzene rings is 2. The summed E-state index contributed by atoms with van der Waals surface area (Å²) in [5, 5.41) is 3.12. The number of nitrogens with one attached hydrogen (secondary N) is 2. The summed E-state index contributed by atoms with van der Waals surface area (Å²) in [5.41, 5.74) is 1.36. The first-order chi connectivity index (χ1) is 20.6. The number of rotatable bonds is 7. The number of Topliss-reactive ketones (excluding diaryl/α,β-unsaturated/α-hetero) is 1. The number of furan rings is 1. The Morgan fingerprint density at radius 2 is 1.63 bits per heavy atom. The zero-order chi connectivity index (χ0) is 30.7. The number of carbonyl (C=O) groups is 4. The third-order valence-corrected chi connectivity index (χ3v) is 7.06. The Hall–Kier alpha value is -5.06. The van der Waals surface area contributed by atoms with Crippen molar-refractivity contribution in [2.75, 3.05) is 33.3 Å². The summed E-state index contributed by atoms with van der Waals surface area (Å²) in [6, 6.07) is 16.0. The molecule has 0 bridgehead atoms. The topological polar surface area (TPSA) is 134 Å². The lowest BCUT2D eigenvalue weighted by Gasteiger charge is -2.34. The number of amides is 3. The molecule has 2 aromatic heterocycles. The van der Waals surface area contributed by atoms with Crippen molar-refractivity contribution in [3.63, 3.8) is 0 Å². The summed E-state index contributed by atoms with van der Waals surface area (Å²) in [6.07, 6.45) is 0.943. The third-order valence-electron chi connectivity index (χ3n) is 7.06. The summed E-state index contributed by atoms with van der Waals surface area (Å²) < 4.78 is 16.8. The Morgan fingerprint density at radius 1 is 0.930 bits per heavy atom. The van der Waals surface area contributed by atoms with Gasteiger partial charge in [-0.1, -0.05) is 18.2 Å². The molecule has 1 aliphatic heterocycles. The summed E-state index contributed by atoms with van der Waals surface area (Å²) in [5.74, 6) is 0.00935. The maximum Gasteiger partial charge on any atom is 0.408 e. The van der Waals surface area contributed by atoms with Crippen molar-refractivity contribution in [1.29, 1.82) is 0 Å². The number of alkyl carbamates (subject to hydrolysis) is 1. The predicted molar refractivity (Wildman–Crippen MR) is 159 cm³/mol. The van der Waals surface area contributed by atoms with Crippen molar-refractivity contribution in [3.05, 3.63) is 77.7 Å². The molecule has 0 unspecified atom stereocenters. The number of aromatic amines is 1. The van der Waals surface area contributed by atoms with Crippen molar-refractivity contribution in [2.24, 2.45) is 0 Å². The van der Waals surface area contributed by atoms with Crippen molar-refractivity contribution in [3.8, 4) is 17.1 Å². The molecule has 2 N–H and O–H groups in total. The van der Waals surface area contributed by atoms with Crippen LogP contribution in [0.3, 0.4) is 0 Å². The number of ether oxygens (including phenoxy) is 2. The van der Waals surface area contributed by atoms with Gasteiger partial charge in [0.05, 0.1) is 30.1 Å². The van der Waals surface area contributed by atoms with E-state index >= 15 is 0 Å². The maximum atomic E-state index is 13.5. The Kier molecular flexibility index (Phi) is 8.24. The molecule has 2 aromatic carbocycles. The number of hydrogen-bond acceptors (Lipinski definition) is 7. The molecule has 1 fully saturated rings. The highest BCUT2D eigenvalue weighted by molar-refractivity contribution is 6.45. The molecule has 224 valence electrons. The highest BCUT2D eigenvalue weighted by Crippen LogP contribution is 2.37. The highest BCUT2D eigenvalue weighted by Gasteiger charge is 2.31. The lowest BCUT2D eigenvalue weighted by atomic mass is 10.0. The molecule has 0 saturated carbocycles. The molecule has 0 aliphatic carbocycles. The molecule has 0 radical (unpaired) electrons. The van der Waals surface area contributed by atoms with Crippen LogP contribution >= 0.6 is 0 Å². The molecule has 1 aliphatic rings. The first-order valence-electron chi connectivity index (χ1n) is 14.0. The smallest absolute Gasteiger partial charge is 0.408 e. The molecular weight excluding hydrogens is 552 g/mol. The van der Waals surface area contributed by atoms with Crippen molar-refractivity contribution < 1.29 is 33.1 Å². The van der Waals surface area contributed by atoms with Crippen LogP contribution in [0.4, 0.5) is 4.79 Å². The van der Waals surface area contributed by atoms with E-state index in [-0.39, 0.29) is 31.1 Å². The Morgan fingerprint density at radius 3 is 2.30 bits per heavy atom. The van der Waals surface area contributed by atoms with Gasteiger partial charge in [0.25, 0.3) is 17.6 Å². The monoisotopic (exact) mass is 586 g/mol. The van der Waals surface area contributed by atoms with Crippen LogP contribution < -0.4 is 10.1 Å². The van der Waals surface area contributed by atoms with E-state index in [2.05, 4.69) is 10.3 Å². The van der Waals surface area contributed by atoms with Crippen molar-refractivity contribution in [1.82, 2.24) is 20.1 Å².